The van der Waals surface area contributed by atoms with Crippen LogP contribution in [0.5, 0.6) is 0 Å². The number of rotatable bonds is 11. The van der Waals surface area contributed by atoms with Gasteiger partial charge in [0.2, 0.25) is 0 Å². The molecule has 0 aliphatic carbocycles. The van der Waals surface area contributed by atoms with E-state index in [-0.39, 0.29) is 29.9 Å². The van der Waals surface area contributed by atoms with Crippen LogP contribution in [0.15, 0.2) is 60.7 Å². The number of anilines is 2. The van der Waals surface area contributed by atoms with E-state index in [4.69, 9.17) is 5.11 Å². The number of carbonyl (C=O) groups excluding carboxylic acids is 2. The SMILES string of the molecule is CN(C)CCNc1cc(C(=O)Nc2ccccc2C(=O)NCCC(=O)O)nc(-c2ccccc2)n1. The minimum Gasteiger partial charge on any atom is -0.481 e. The Kier molecular flexibility index (Phi) is 8.85. The van der Waals surface area contributed by atoms with Gasteiger partial charge in [0.1, 0.15) is 11.5 Å². The minimum atomic E-state index is -1.01. The quantitative estimate of drug-likeness (QED) is 0.331. The molecule has 0 saturated heterocycles. The van der Waals surface area contributed by atoms with Gasteiger partial charge in [-0.25, -0.2) is 9.97 Å². The van der Waals surface area contributed by atoms with Crippen LogP contribution < -0.4 is 16.0 Å². The molecule has 0 aliphatic heterocycles. The van der Waals surface area contributed by atoms with Gasteiger partial charge in [-0.3, -0.25) is 14.4 Å². The molecule has 0 bridgehead atoms. The summed E-state index contributed by atoms with van der Waals surface area (Å²) in [5, 5.41) is 17.3. The van der Waals surface area contributed by atoms with E-state index in [2.05, 4.69) is 25.9 Å². The number of carboxylic acid groups (broad SMARTS) is 1. The molecule has 1 heterocycles. The number of hydrogen-bond acceptors (Lipinski definition) is 7. The van der Waals surface area contributed by atoms with Crippen LogP contribution in [0.1, 0.15) is 27.3 Å². The number of aliphatic carboxylic acids is 1. The number of aromatic nitrogens is 2. The van der Waals surface area contributed by atoms with Crippen molar-refractivity contribution >= 4 is 29.3 Å². The number of nitrogens with zero attached hydrogens (tertiary/aromatic N) is 3. The Bertz CT molecular complexity index is 1180. The van der Waals surface area contributed by atoms with Crippen molar-refractivity contribution in [3.05, 3.63) is 71.9 Å². The van der Waals surface area contributed by atoms with Crippen LogP contribution in [0.4, 0.5) is 11.5 Å². The third kappa shape index (κ3) is 7.61. The van der Waals surface area contributed by atoms with E-state index >= 15 is 0 Å². The second-order valence-electron chi connectivity index (χ2n) is 7.96. The zero-order valence-electron chi connectivity index (χ0n) is 19.6. The summed E-state index contributed by atoms with van der Waals surface area (Å²) in [4.78, 5) is 47.4. The molecule has 10 heteroatoms. The molecule has 0 spiro atoms. The van der Waals surface area contributed by atoms with Gasteiger partial charge in [0.15, 0.2) is 5.82 Å². The topological polar surface area (TPSA) is 137 Å². The third-order valence-electron chi connectivity index (χ3n) is 4.90. The number of carboxylic acids is 1. The molecule has 4 N–H and O–H groups in total. The fraction of sp³-hybridized carbons (Fsp3) is 0.240. The number of amides is 2. The Morgan fingerprint density at radius 3 is 2.34 bits per heavy atom. The van der Waals surface area contributed by atoms with E-state index in [1.54, 1.807) is 30.3 Å². The lowest BCUT2D eigenvalue weighted by Crippen LogP contribution is -2.27. The molecular formula is C25H28N6O4. The molecule has 2 aromatic carbocycles. The lowest BCUT2D eigenvalue weighted by molar-refractivity contribution is -0.136. The normalized spacial score (nSPS) is 10.6. The first-order valence-corrected chi connectivity index (χ1v) is 11.1. The van der Waals surface area contributed by atoms with Gasteiger partial charge < -0.3 is 26.0 Å². The van der Waals surface area contributed by atoms with Gasteiger partial charge in [-0.2, -0.15) is 0 Å². The summed E-state index contributed by atoms with van der Waals surface area (Å²) >= 11 is 0. The zero-order chi connectivity index (χ0) is 25.2. The largest absolute Gasteiger partial charge is 0.481 e. The maximum Gasteiger partial charge on any atom is 0.305 e. The first-order chi connectivity index (χ1) is 16.8. The van der Waals surface area contributed by atoms with E-state index in [1.165, 1.54) is 0 Å². The monoisotopic (exact) mass is 476 g/mol. The maximum atomic E-state index is 13.2. The van der Waals surface area contributed by atoms with Crippen LogP contribution in [-0.2, 0) is 4.79 Å². The molecule has 35 heavy (non-hydrogen) atoms. The van der Waals surface area contributed by atoms with Crippen LogP contribution in [0.3, 0.4) is 0 Å². The van der Waals surface area contributed by atoms with Crippen molar-refractivity contribution in [1.29, 1.82) is 0 Å². The highest BCUT2D eigenvalue weighted by molar-refractivity contribution is 6.08. The molecule has 0 unspecified atom stereocenters. The number of likely N-dealkylation sites (N-methyl/N-ethyl adjacent to an activating group) is 1. The minimum absolute atomic E-state index is 0.0230. The highest BCUT2D eigenvalue weighted by Crippen LogP contribution is 2.20. The van der Waals surface area contributed by atoms with Crippen molar-refractivity contribution in [2.24, 2.45) is 0 Å². The van der Waals surface area contributed by atoms with Gasteiger partial charge in [-0.1, -0.05) is 42.5 Å². The van der Waals surface area contributed by atoms with Crippen LogP contribution >= 0.6 is 0 Å². The second-order valence-corrected chi connectivity index (χ2v) is 7.96. The summed E-state index contributed by atoms with van der Waals surface area (Å²) in [5.74, 6) is -1.11. The predicted molar refractivity (Wildman–Crippen MR) is 133 cm³/mol. The Morgan fingerprint density at radius 2 is 1.63 bits per heavy atom. The zero-order valence-corrected chi connectivity index (χ0v) is 19.6. The maximum absolute atomic E-state index is 13.2. The van der Waals surface area contributed by atoms with Crippen molar-refractivity contribution < 1.29 is 19.5 Å². The van der Waals surface area contributed by atoms with E-state index in [1.807, 2.05) is 49.3 Å². The number of benzene rings is 2. The summed E-state index contributed by atoms with van der Waals surface area (Å²) in [7, 11) is 3.93. The fourth-order valence-corrected chi connectivity index (χ4v) is 3.13. The number of para-hydroxylation sites is 1. The van der Waals surface area contributed by atoms with Gasteiger partial charge in [-0.15, -0.1) is 0 Å². The molecule has 182 valence electrons. The first kappa shape index (κ1) is 25.3. The van der Waals surface area contributed by atoms with Crippen molar-refractivity contribution in [3.8, 4) is 11.4 Å². The van der Waals surface area contributed by atoms with Gasteiger partial charge in [0.05, 0.1) is 17.7 Å². The number of carbonyl (C=O) groups is 3. The van der Waals surface area contributed by atoms with Crippen molar-refractivity contribution in [2.75, 3.05) is 44.4 Å². The van der Waals surface area contributed by atoms with Crippen LogP contribution in [-0.4, -0.2) is 71.5 Å². The average Bonchev–Trinajstić information content (AvgIpc) is 2.84. The molecule has 10 nitrogen and oxygen atoms in total. The van der Waals surface area contributed by atoms with Crippen molar-refractivity contribution in [3.63, 3.8) is 0 Å². The van der Waals surface area contributed by atoms with Gasteiger partial charge in [0, 0.05) is 31.3 Å². The van der Waals surface area contributed by atoms with Crippen LogP contribution in [0, 0.1) is 0 Å². The van der Waals surface area contributed by atoms with E-state index in [0.717, 1.165) is 12.1 Å². The summed E-state index contributed by atoms with van der Waals surface area (Å²) in [6, 6.07) is 17.4. The van der Waals surface area contributed by atoms with Gasteiger partial charge in [0.25, 0.3) is 11.8 Å². The van der Waals surface area contributed by atoms with Gasteiger partial charge >= 0.3 is 5.97 Å². The summed E-state index contributed by atoms with van der Waals surface area (Å²) in [6.07, 6.45) is -0.201. The van der Waals surface area contributed by atoms with Gasteiger partial charge in [-0.05, 0) is 26.2 Å². The molecule has 1 aromatic heterocycles. The molecule has 0 saturated carbocycles. The predicted octanol–water partition coefficient (Wildman–Crippen LogP) is 2.57. The molecule has 3 aromatic rings. The Balaban J connectivity index is 1.84. The van der Waals surface area contributed by atoms with Crippen molar-refractivity contribution in [1.82, 2.24) is 20.2 Å². The molecule has 3 rings (SSSR count). The lowest BCUT2D eigenvalue weighted by Gasteiger charge is -2.14. The summed E-state index contributed by atoms with van der Waals surface area (Å²) < 4.78 is 0. The molecule has 0 radical (unpaired) electrons. The van der Waals surface area contributed by atoms with E-state index in [0.29, 0.717) is 18.2 Å². The van der Waals surface area contributed by atoms with E-state index < -0.39 is 17.8 Å². The molecule has 0 aliphatic rings. The Morgan fingerprint density at radius 1 is 0.914 bits per heavy atom. The Labute approximate surface area is 203 Å². The Hall–Kier alpha value is -4.31. The van der Waals surface area contributed by atoms with E-state index in [9.17, 15) is 14.4 Å². The summed E-state index contributed by atoms with van der Waals surface area (Å²) in [5.41, 5.74) is 1.39. The lowest BCUT2D eigenvalue weighted by atomic mass is 10.1. The average molecular weight is 477 g/mol. The number of hydrogen-bond donors (Lipinski definition) is 4. The molecule has 2 amide bonds. The highest BCUT2D eigenvalue weighted by atomic mass is 16.4. The van der Waals surface area contributed by atoms with Crippen LogP contribution in [0.2, 0.25) is 0 Å². The molecule has 0 fully saturated rings. The molecular weight excluding hydrogens is 448 g/mol. The second kappa shape index (κ2) is 12.2. The third-order valence-corrected chi connectivity index (χ3v) is 4.90. The fourth-order valence-electron chi connectivity index (χ4n) is 3.13. The first-order valence-electron chi connectivity index (χ1n) is 11.1. The summed E-state index contributed by atoms with van der Waals surface area (Å²) in [6.45, 7) is 1.37. The standard InChI is InChI=1S/C25H28N6O4/c1-31(2)15-14-26-21-16-20(28-23(30-21)17-8-4-3-5-9-17)25(35)29-19-11-7-6-10-18(19)24(34)27-13-12-22(32)33/h3-11,16H,12-15H2,1-2H3,(H,27,34)(H,29,35)(H,32,33)(H,26,28,30). The molecule has 0 atom stereocenters. The van der Waals surface area contributed by atoms with Crippen LogP contribution in [0.25, 0.3) is 11.4 Å². The van der Waals surface area contributed by atoms with Crippen molar-refractivity contribution in [2.45, 2.75) is 6.42 Å². The highest BCUT2D eigenvalue weighted by Gasteiger charge is 2.17. The smallest absolute Gasteiger partial charge is 0.305 e. The number of nitrogens with one attached hydrogen (secondary N) is 3.